The van der Waals surface area contributed by atoms with Crippen LogP contribution in [-0.2, 0) is 12.8 Å². The lowest BCUT2D eigenvalue weighted by molar-refractivity contribution is 0.0993. The van der Waals surface area contributed by atoms with E-state index in [2.05, 4.69) is 68.3 Å². The Kier molecular flexibility index (Phi) is 10.4. The molecule has 0 aromatic heterocycles. The van der Waals surface area contributed by atoms with Crippen molar-refractivity contribution in [1.29, 1.82) is 0 Å². The topological polar surface area (TPSA) is 48.0 Å². The molecule has 0 spiro atoms. The lowest BCUT2D eigenvalue weighted by atomic mass is 9.95. The predicted octanol–water partition coefficient (Wildman–Crippen LogP) is 8.52. The summed E-state index contributed by atoms with van der Waals surface area (Å²) in [5.74, 6) is 3.20. The van der Waals surface area contributed by atoms with Gasteiger partial charge in [0.05, 0.1) is 14.2 Å². The van der Waals surface area contributed by atoms with Gasteiger partial charge in [-0.1, -0.05) is 56.3 Å². The molecule has 0 N–H and O–H groups in total. The summed E-state index contributed by atoms with van der Waals surface area (Å²) in [7, 11) is 5.47. The van der Waals surface area contributed by atoms with Crippen LogP contribution < -0.4 is 14.2 Å². The fourth-order valence-corrected chi connectivity index (χ4v) is 5.80. The summed E-state index contributed by atoms with van der Waals surface area (Å²) in [5, 5.41) is 0. The van der Waals surface area contributed by atoms with E-state index in [1.807, 2.05) is 42.5 Å². The number of methoxy groups -OCH3 is 2. The van der Waals surface area contributed by atoms with E-state index in [1.54, 1.807) is 14.2 Å². The molecule has 1 heterocycles. The van der Waals surface area contributed by atoms with Crippen molar-refractivity contribution in [1.82, 2.24) is 4.90 Å². The number of nitrogens with zero attached hydrogens (tertiary/aromatic N) is 1. The minimum absolute atomic E-state index is 0.0657. The van der Waals surface area contributed by atoms with Crippen LogP contribution in [0.25, 0.3) is 22.3 Å². The number of rotatable bonds is 12. The van der Waals surface area contributed by atoms with Gasteiger partial charge >= 0.3 is 0 Å². The van der Waals surface area contributed by atoms with Gasteiger partial charge in [0.25, 0.3) is 0 Å². The fraction of sp³-hybridized carbons (Fsp3) is 0.359. The van der Waals surface area contributed by atoms with E-state index in [9.17, 15) is 4.79 Å². The van der Waals surface area contributed by atoms with Gasteiger partial charge in [-0.3, -0.25) is 4.79 Å². The second kappa shape index (κ2) is 14.6. The van der Waals surface area contributed by atoms with Crippen molar-refractivity contribution in [3.05, 3.63) is 102 Å². The van der Waals surface area contributed by atoms with Crippen LogP contribution in [0.4, 0.5) is 0 Å². The molecule has 5 nitrogen and oxygen atoms in total. The van der Waals surface area contributed by atoms with E-state index in [1.165, 1.54) is 11.1 Å². The Morgan fingerprint density at radius 3 is 2.25 bits per heavy atom. The number of benzene rings is 4. The molecule has 1 fully saturated rings. The van der Waals surface area contributed by atoms with Crippen LogP contribution in [0, 0.1) is 5.92 Å². The zero-order valence-corrected chi connectivity index (χ0v) is 26.8. The highest BCUT2D eigenvalue weighted by Crippen LogP contribution is 2.34. The molecule has 4 aromatic rings. The van der Waals surface area contributed by atoms with E-state index in [4.69, 9.17) is 14.2 Å². The third-order valence-electron chi connectivity index (χ3n) is 8.56. The highest BCUT2D eigenvalue weighted by molar-refractivity contribution is 5.99. The van der Waals surface area contributed by atoms with E-state index in [-0.39, 0.29) is 11.9 Å². The molecule has 5 rings (SSSR count). The van der Waals surface area contributed by atoms with Crippen LogP contribution in [0.3, 0.4) is 0 Å². The molecular formula is C39H45NO4. The Morgan fingerprint density at radius 2 is 1.55 bits per heavy atom. The van der Waals surface area contributed by atoms with Crippen LogP contribution in [0.2, 0.25) is 0 Å². The monoisotopic (exact) mass is 591 g/mol. The van der Waals surface area contributed by atoms with Gasteiger partial charge in [0.15, 0.2) is 5.78 Å². The average Bonchev–Trinajstić information content (AvgIpc) is 3.05. The Hall–Kier alpha value is -4.09. The van der Waals surface area contributed by atoms with E-state index in [0.29, 0.717) is 17.9 Å². The van der Waals surface area contributed by atoms with Crippen LogP contribution >= 0.6 is 0 Å². The van der Waals surface area contributed by atoms with Crippen LogP contribution in [0.15, 0.2) is 84.9 Å². The van der Waals surface area contributed by atoms with Crippen LogP contribution in [-0.4, -0.2) is 51.1 Å². The molecule has 1 saturated heterocycles. The number of carbonyl (C=O) groups excluding carboxylic acids is 1. The van der Waals surface area contributed by atoms with Crippen molar-refractivity contribution in [3.8, 4) is 39.5 Å². The van der Waals surface area contributed by atoms with Gasteiger partial charge in [-0.15, -0.1) is 0 Å². The first-order valence-electron chi connectivity index (χ1n) is 15.8. The standard InChI is InChI=1S/C39H45NO4/c1-27(2)9-12-33-24-30(15-17-38(33)44-34-19-21-40(3)22-20-34)29-13-10-28(11-14-29)23-37(41)32-16-18-39(43-5)36(26-32)31-7-6-8-35(25-31)42-4/h6-8,10-11,13-18,24-27,34H,9,12,19-23H2,1-5H3. The number of hydrogen-bond acceptors (Lipinski definition) is 5. The summed E-state index contributed by atoms with van der Waals surface area (Å²) in [5.41, 5.74) is 7.04. The van der Waals surface area contributed by atoms with Gasteiger partial charge in [-0.25, -0.2) is 0 Å². The number of carbonyl (C=O) groups is 1. The van der Waals surface area contributed by atoms with Gasteiger partial charge in [0.2, 0.25) is 0 Å². The molecule has 0 aliphatic carbocycles. The maximum Gasteiger partial charge on any atom is 0.167 e. The molecule has 0 saturated carbocycles. The third-order valence-corrected chi connectivity index (χ3v) is 8.56. The summed E-state index contributed by atoms with van der Waals surface area (Å²) >= 11 is 0. The van der Waals surface area contributed by atoms with Gasteiger partial charge in [-0.2, -0.15) is 0 Å². The number of hydrogen-bond donors (Lipinski definition) is 0. The smallest absolute Gasteiger partial charge is 0.167 e. The SMILES string of the molecule is COc1cccc(-c2cc(C(=O)Cc3ccc(-c4ccc(OC5CCN(C)CC5)c(CCC(C)C)c4)cc3)ccc2OC)c1. The van der Waals surface area contributed by atoms with Gasteiger partial charge < -0.3 is 19.1 Å². The molecule has 0 amide bonds. The number of ketones is 1. The van der Waals surface area contributed by atoms with E-state index >= 15 is 0 Å². The first kappa shape index (κ1) is 31.3. The lowest BCUT2D eigenvalue weighted by Gasteiger charge is -2.30. The summed E-state index contributed by atoms with van der Waals surface area (Å²) in [6.45, 7) is 6.71. The largest absolute Gasteiger partial charge is 0.497 e. The highest BCUT2D eigenvalue weighted by Gasteiger charge is 2.20. The molecule has 1 aliphatic rings. The Bertz CT molecular complexity index is 1550. The van der Waals surface area contributed by atoms with Gasteiger partial charge in [0, 0.05) is 30.6 Å². The zero-order chi connectivity index (χ0) is 31.1. The minimum atomic E-state index is 0.0657. The molecule has 0 atom stereocenters. The van der Waals surface area contributed by atoms with Crippen LogP contribution in [0.5, 0.6) is 17.2 Å². The Labute approximate surface area is 262 Å². The number of Topliss-reactive ketones (excluding diaryl/α,β-unsaturated/α-hetero) is 1. The summed E-state index contributed by atoms with van der Waals surface area (Å²) in [4.78, 5) is 15.8. The minimum Gasteiger partial charge on any atom is -0.497 e. The first-order valence-corrected chi connectivity index (χ1v) is 15.8. The van der Waals surface area contributed by atoms with Crippen molar-refractivity contribution in [3.63, 3.8) is 0 Å². The third kappa shape index (κ3) is 7.89. The molecule has 0 radical (unpaired) electrons. The average molecular weight is 592 g/mol. The van der Waals surface area contributed by atoms with Crippen molar-refractivity contribution >= 4 is 5.78 Å². The quantitative estimate of drug-likeness (QED) is 0.155. The first-order chi connectivity index (χ1) is 21.3. The van der Waals surface area contributed by atoms with Crippen molar-refractivity contribution < 1.29 is 19.0 Å². The Balaban J connectivity index is 1.31. The number of piperidine rings is 1. The molecule has 230 valence electrons. The molecule has 5 heteroatoms. The number of likely N-dealkylation sites (tertiary alicyclic amines) is 1. The summed E-state index contributed by atoms with van der Waals surface area (Å²) in [6, 6.07) is 28.4. The zero-order valence-electron chi connectivity index (χ0n) is 26.8. The maximum absolute atomic E-state index is 13.4. The fourth-order valence-electron chi connectivity index (χ4n) is 5.80. The molecule has 0 bridgehead atoms. The molecular weight excluding hydrogens is 546 g/mol. The molecule has 4 aromatic carbocycles. The van der Waals surface area contributed by atoms with Crippen molar-refractivity contribution in [2.75, 3.05) is 34.4 Å². The van der Waals surface area contributed by atoms with Gasteiger partial charge in [-0.05, 0) is 109 Å². The highest BCUT2D eigenvalue weighted by atomic mass is 16.5. The lowest BCUT2D eigenvalue weighted by Crippen LogP contribution is -2.35. The second-order valence-electron chi connectivity index (χ2n) is 12.3. The van der Waals surface area contributed by atoms with E-state index in [0.717, 1.165) is 78.3 Å². The van der Waals surface area contributed by atoms with Crippen LogP contribution in [0.1, 0.15) is 54.6 Å². The normalized spacial score (nSPS) is 14.0. The molecule has 0 unspecified atom stereocenters. The Morgan fingerprint density at radius 1 is 0.818 bits per heavy atom. The molecule has 1 aliphatic heterocycles. The second-order valence-corrected chi connectivity index (χ2v) is 12.3. The van der Waals surface area contributed by atoms with Crippen molar-refractivity contribution in [2.45, 2.75) is 52.1 Å². The van der Waals surface area contributed by atoms with E-state index < -0.39 is 0 Å². The van der Waals surface area contributed by atoms with Gasteiger partial charge in [0.1, 0.15) is 23.4 Å². The number of ether oxygens (including phenoxy) is 3. The number of aryl methyl sites for hydroxylation is 1. The maximum atomic E-state index is 13.4. The summed E-state index contributed by atoms with van der Waals surface area (Å²) < 4.78 is 17.6. The molecule has 44 heavy (non-hydrogen) atoms. The predicted molar refractivity (Wildman–Crippen MR) is 179 cm³/mol. The summed E-state index contributed by atoms with van der Waals surface area (Å²) in [6.07, 6.45) is 4.87. The van der Waals surface area contributed by atoms with Crippen molar-refractivity contribution in [2.24, 2.45) is 5.92 Å².